The van der Waals surface area contributed by atoms with Crippen LogP contribution in [0, 0.1) is 11.3 Å². The minimum atomic E-state index is -0.0892. The molecular weight excluding hydrogens is 555 g/mol. The van der Waals surface area contributed by atoms with Gasteiger partial charge in [0.2, 0.25) is 0 Å². The molecule has 0 radical (unpaired) electrons. The molecule has 0 fully saturated rings. The molecule has 9 rings (SSSR count). The summed E-state index contributed by atoms with van der Waals surface area (Å²) in [5.41, 5.74) is 10.3. The third kappa shape index (κ3) is 3.42. The smallest absolute Gasteiger partial charge is 0.0991 e. The van der Waals surface area contributed by atoms with Gasteiger partial charge in [0.1, 0.15) is 0 Å². The zero-order chi connectivity index (χ0) is 29.6. The van der Waals surface area contributed by atoms with Gasteiger partial charge in [-0.2, -0.15) is 5.26 Å². The summed E-state index contributed by atoms with van der Waals surface area (Å²) in [4.78, 5) is 2.43. The summed E-state index contributed by atoms with van der Waals surface area (Å²) >= 11 is 1.84. The van der Waals surface area contributed by atoms with Crippen molar-refractivity contribution in [1.82, 2.24) is 4.57 Å². The minimum Gasteiger partial charge on any atom is -0.310 e. The van der Waals surface area contributed by atoms with Gasteiger partial charge in [-0.15, -0.1) is 11.3 Å². The molecule has 0 amide bonds. The van der Waals surface area contributed by atoms with Crippen molar-refractivity contribution >= 4 is 70.4 Å². The third-order valence-corrected chi connectivity index (χ3v) is 10.5. The number of nitrogens with zero attached hydrogens (tertiary/aromatic N) is 3. The number of benzene rings is 6. The lowest BCUT2D eigenvalue weighted by atomic mass is 9.73. The Hall–Kier alpha value is -5.37. The number of para-hydroxylation sites is 3. The van der Waals surface area contributed by atoms with Gasteiger partial charge in [-0.05, 0) is 83.9 Å². The predicted molar refractivity (Wildman–Crippen MR) is 185 cm³/mol. The lowest BCUT2D eigenvalue weighted by Gasteiger charge is -2.42. The summed E-state index contributed by atoms with van der Waals surface area (Å²) in [7, 11) is 0. The van der Waals surface area contributed by atoms with Crippen LogP contribution in [0.5, 0.6) is 0 Å². The van der Waals surface area contributed by atoms with Gasteiger partial charge >= 0.3 is 0 Å². The zero-order valence-electron chi connectivity index (χ0n) is 24.4. The van der Waals surface area contributed by atoms with Gasteiger partial charge in [-0.1, -0.05) is 68.4 Å². The van der Waals surface area contributed by atoms with Gasteiger partial charge in [0, 0.05) is 47.7 Å². The van der Waals surface area contributed by atoms with Gasteiger partial charge in [-0.25, -0.2) is 0 Å². The molecule has 2 aromatic heterocycles. The van der Waals surface area contributed by atoms with Crippen molar-refractivity contribution in [2.24, 2.45) is 0 Å². The van der Waals surface area contributed by atoms with Crippen molar-refractivity contribution in [3.05, 3.63) is 144 Å². The quantitative estimate of drug-likeness (QED) is 0.203. The van der Waals surface area contributed by atoms with E-state index < -0.39 is 0 Å². The van der Waals surface area contributed by atoms with Crippen LogP contribution in [0.2, 0.25) is 0 Å². The highest BCUT2D eigenvalue weighted by molar-refractivity contribution is 7.25. The topological polar surface area (TPSA) is 32.0 Å². The average molecular weight is 582 g/mol. The van der Waals surface area contributed by atoms with E-state index in [1.807, 2.05) is 23.5 Å². The first-order valence-corrected chi connectivity index (χ1v) is 15.7. The molecule has 8 aromatic rings. The Kier molecular flexibility index (Phi) is 5.18. The Bertz CT molecular complexity index is 2460. The van der Waals surface area contributed by atoms with Crippen LogP contribution in [0.25, 0.3) is 47.7 Å². The molecule has 44 heavy (non-hydrogen) atoms. The molecule has 0 bridgehead atoms. The maximum absolute atomic E-state index is 9.58. The minimum absolute atomic E-state index is 0.0892. The molecule has 208 valence electrons. The van der Waals surface area contributed by atoms with Crippen molar-refractivity contribution in [3.8, 4) is 11.8 Å². The molecule has 0 saturated heterocycles. The van der Waals surface area contributed by atoms with Crippen molar-refractivity contribution in [2.45, 2.75) is 19.3 Å². The molecule has 0 aliphatic carbocycles. The van der Waals surface area contributed by atoms with Gasteiger partial charge in [0.15, 0.2) is 0 Å². The summed E-state index contributed by atoms with van der Waals surface area (Å²) in [6.45, 7) is 4.66. The van der Waals surface area contributed by atoms with Crippen LogP contribution in [0.3, 0.4) is 0 Å². The van der Waals surface area contributed by atoms with Crippen LogP contribution >= 0.6 is 11.3 Å². The first kappa shape index (κ1) is 25.2. The number of anilines is 3. The van der Waals surface area contributed by atoms with E-state index in [0.29, 0.717) is 5.56 Å². The van der Waals surface area contributed by atoms with E-state index in [1.165, 1.54) is 48.4 Å². The molecule has 0 spiro atoms. The zero-order valence-corrected chi connectivity index (χ0v) is 25.2. The molecule has 0 saturated carbocycles. The molecule has 1 aliphatic rings. The highest BCUT2D eigenvalue weighted by Crippen LogP contribution is 2.52. The number of aromatic nitrogens is 1. The standard InChI is InChI=1S/C40H27N3S/c1-40(2)32-10-4-7-13-36(32)43(37-14-8-5-11-33(37)40)27-17-20-39-31(23-27)30-22-26(16-19-38(30)44-39)42-34-12-6-3-9-28(34)29-21-25(24-41)15-18-35(29)42/h3-23H,1-2H3. The number of rotatable bonds is 2. The number of hydrogen-bond donors (Lipinski definition) is 0. The van der Waals surface area contributed by atoms with Crippen molar-refractivity contribution in [2.75, 3.05) is 4.90 Å². The summed E-state index contributed by atoms with van der Waals surface area (Å²) in [6, 6.07) is 48.2. The van der Waals surface area contributed by atoms with Gasteiger partial charge in [0.05, 0.1) is 34.0 Å². The second-order valence-electron chi connectivity index (χ2n) is 12.2. The van der Waals surface area contributed by atoms with E-state index >= 15 is 0 Å². The van der Waals surface area contributed by atoms with Crippen LogP contribution in [0.15, 0.2) is 127 Å². The Morgan fingerprint density at radius 1 is 0.568 bits per heavy atom. The summed E-state index contributed by atoms with van der Waals surface area (Å²) in [6.07, 6.45) is 0. The highest BCUT2D eigenvalue weighted by atomic mass is 32.1. The van der Waals surface area contributed by atoms with Crippen molar-refractivity contribution < 1.29 is 0 Å². The monoisotopic (exact) mass is 581 g/mol. The van der Waals surface area contributed by atoms with Crippen LogP contribution in [0.4, 0.5) is 17.1 Å². The largest absolute Gasteiger partial charge is 0.310 e. The van der Waals surface area contributed by atoms with Crippen molar-refractivity contribution in [3.63, 3.8) is 0 Å². The lowest BCUT2D eigenvalue weighted by Crippen LogP contribution is -2.30. The molecule has 1 aliphatic heterocycles. The van der Waals surface area contributed by atoms with E-state index in [4.69, 9.17) is 0 Å². The molecule has 3 nitrogen and oxygen atoms in total. The first-order chi connectivity index (χ1) is 21.5. The van der Waals surface area contributed by atoms with Gasteiger partial charge < -0.3 is 9.47 Å². The van der Waals surface area contributed by atoms with Crippen LogP contribution in [0.1, 0.15) is 30.5 Å². The summed E-state index contributed by atoms with van der Waals surface area (Å²) < 4.78 is 4.88. The Morgan fingerprint density at radius 3 is 1.86 bits per heavy atom. The molecular formula is C40H27N3S. The van der Waals surface area contributed by atoms with Crippen LogP contribution < -0.4 is 4.90 Å². The summed E-state index contributed by atoms with van der Waals surface area (Å²) in [5.74, 6) is 0. The second kappa shape index (κ2) is 9.07. The van der Waals surface area contributed by atoms with Crippen molar-refractivity contribution in [1.29, 1.82) is 5.26 Å². The fourth-order valence-corrected chi connectivity index (χ4v) is 8.37. The number of thiophene rings is 1. The Labute approximate surface area is 259 Å². The van der Waals surface area contributed by atoms with E-state index in [9.17, 15) is 5.26 Å². The SMILES string of the molecule is CC1(C)c2ccccc2N(c2ccc3sc4ccc(-n5c6ccccc6c6cc(C#N)ccc65)cc4c3c2)c2ccccc21. The lowest BCUT2D eigenvalue weighted by molar-refractivity contribution is 0.632. The first-order valence-electron chi connectivity index (χ1n) is 14.9. The third-order valence-electron chi connectivity index (χ3n) is 9.39. The normalized spacial score (nSPS) is 13.8. The average Bonchev–Trinajstić information content (AvgIpc) is 3.59. The number of hydrogen-bond acceptors (Lipinski definition) is 3. The predicted octanol–water partition coefficient (Wildman–Crippen LogP) is 11.1. The molecule has 6 aromatic carbocycles. The van der Waals surface area contributed by atoms with E-state index in [1.54, 1.807) is 0 Å². The fourth-order valence-electron chi connectivity index (χ4n) is 7.30. The molecule has 0 unspecified atom stereocenters. The number of fused-ring (bicyclic) bond motifs is 8. The van der Waals surface area contributed by atoms with Crippen LogP contribution in [-0.2, 0) is 5.41 Å². The maximum atomic E-state index is 9.58. The Balaban J connectivity index is 1.27. The molecule has 4 heteroatoms. The molecule has 3 heterocycles. The maximum Gasteiger partial charge on any atom is 0.0991 e. The van der Waals surface area contributed by atoms with Gasteiger partial charge in [0.25, 0.3) is 0 Å². The number of nitriles is 1. The van der Waals surface area contributed by atoms with Crippen LogP contribution in [-0.4, -0.2) is 4.57 Å². The van der Waals surface area contributed by atoms with E-state index in [2.05, 4.69) is 145 Å². The Morgan fingerprint density at radius 2 is 1.16 bits per heavy atom. The highest BCUT2D eigenvalue weighted by Gasteiger charge is 2.36. The van der Waals surface area contributed by atoms with Gasteiger partial charge in [-0.3, -0.25) is 0 Å². The second-order valence-corrected chi connectivity index (χ2v) is 13.2. The van der Waals surface area contributed by atoms with E-state index in [-0.39, 0.29) is 5.41 Å². The van der Waals surface area contributed by atoms with E-state index in [0.717, 1.165) is 27.5 Å². The molecule has 0 N–H and O–H groups in total. The molecule has 0 atom stereocenters. The summed E-state index contributed by atoms with van der Waals surface area (Å²) in [5, 5.41) is 14.3. The fraction of sp³-hybridized carbons (Fsp3) is 0.0750.